The van der Waals surface area contributed by atoms with Crippen LogP contribution in [0.4, 0.5) is 4.79 Å². The molecule has 25 heavy (non-hydrogen) atoms. The zero-order valence-electron chi connectivity index (χ0n) is 14.7. The van der Waals surface area contributed by atoms with Crippen molar-refractivity contribution in [2.24, 2.45) is 0 Å². The van der Waals surface area contributed by atoms with E-state index in [9.17, 15) is 14.4 Å². The van der Waals surface area contributed by atoms with Gasteiger partial charge in [-0.2, -0.15) is 0 Å². The largest absolute Gasteiger partial charge is 0.497 e. The van der Waals surface area contributed by atoms with Gasteiger partial charge in [-0.3, -0.25) is 14.5 Å². The van der Waals surface area contributed by atoms with Crippen molar-refractivity contribution in [1.82, 2.24) is 15.5 Å². The van der Waals surface area contributed by atoms with E-state index in [0.717, 1.165) is 23.5 Å². The van der Waals surface area contributed by atoms with E-state index < -0.39 is 0 Å². The van der Waals surface area contributed by atoms with Gasteiger partial charge in [-0.05, 0) is 43.9 Å². The minimum absolute atomic E-state index is 0.0490. The van der Waals surface area contributed by atoms with Gasteiger partial charge in [-0.15, -0.1) is 0 Å². The van der Waals surface area contributed by atoms with E-state index in [1.807, 2.05) is 31.2 Å². The average Bonchev–Trinajstić information content (AvgIpc) is 2.92. The summed E-state index contributed by atoms with van der Waals surface area (Å²) in [5.74, 6) is 0.530. The molecule has 1 aliphatic heterocycles. The Hall–Kier alpha value is -2.57. The first-order chi connectivity index (χ1) is 12.0. The Kier molecular flexibility index (Phi) is 6.80. The summed E-state index contributed by atoms with van der Waals surface area (Å²) in [6.07, 6.45) is 2.47. The summed E-state index contributed by atoms with van der Waals surface area (Å²) in [6, 6.07) is 7.57. The first-order valence-corrected chi connectivity index (χ1v) is 8.50. The molecule has 0 spiro atoms. The number of hydrogen-bond donors (Lipinski definition) is 2. The highest BCUT2D eigenvalue weighted by molar-refractivity contribution is 6.01. The molecule has 0 saturated carbocycles. The van der Waals surface area contributed by atoms with Crippen molar-refractivity contribution in [2.75, 3.05) is 20.2 Å². The maximum absolute atomic E-state index is 12.0. The first kappa shape index (κ1) is 18.8. The number of ether oxygens (including phenoxy) is 1. The number of benzene rings is 1. The lowest BCUT2D eigenvalue weighted by Crippen LogP contribution is -2.35. The molecule has 1 aromatic carbocycles. The van der Waals surface area contributed by atoms with Crippen LogP contribution in [0.25, 0.3) is 0 Å². The quantitative estimate of drug-likeness (QED) is 0.662. The van der Waals surface area contributed by atoms with Gasteiger partial charge in [0.2, 0.25) is 11.8 Å². The number of rotatable bonds is 9. The summed E-state index contributed by atoms with van der Waals surface area (Å²) in [5, 5.41) is 5.41. The molecule has 0 unspecified atom stereocenters. The zero-order valence-corrected chi connectivity index (χ0v) is 14.7. The summed E-state index contributed by atoms with van der Waals surface area (Å²) < 4.78 is 5.13. The van der Waals surface area contributed by atoms with Crippen LogP contribution < -0.4 is 15.4 Å². The lowest BCUT2D eigenvalue weighted by Gasteiger charge is -2.15. The lowest BCUT2D eigenvalue weighted by atomic mass is 10.1. The molecule has 1 heterocycles. The van der Waals surface area contributed by atoms with Crippen molar-refractivity contribution < 1.29 is 19.1 Å². The number of imide groups is 1. The van der Waals surface area contributed by atoms with E-state index in [1.165, 1.54) is 5.56 Å². The van der Waals surface area contributed by atoms with Crippen LogP contribution >= 0.6 is 0 Å². The smallest absolute Gasteiger partial charge is 0.324 e. The highest BCUT2D eigenvalue weighted by atomic mass is 16.5. The Balaban J connectivity index is 1.64. The number of amides is 4. The number of methoxy groups -OCH3 is 1. The summed E-state index contributed by atoms with van der Waals surface area (Å²) in [6.45, 7) is 2.30. The van der Waals surface area contributed by atoms with Crippen molar-refractivity contribution >= 4 is 17.8 Å². The Morgan fingerprint density at radius 2 is 2.04 bits per heavy atom. The third-order valence-corrected chi connectivity index (χ3v) is 4.16. The summed E-state index contributed by atoms with van der Waals surface area (Å²) in [7, 11) is 1.64. The summed E-state index contributed by atoms with van der Waals surface area (Å²) >= 11 is 0. The van der Waals surface area contributed by atoms with Gasteiger partial charge in [0.05, 0.1) is 13.7 Å². The third-order valence-electron chi connectivity index (χ3n) is 4.16. The van der Waals surface area contributed by atoms with Crippen LogP contribution in [0.2, 0.25) is 0 Å². The van der Waals surface area contributed by atoms with Gasteiger partial charge >= 0.3 is 6.03 Å². The van der Waals surface area contributed by atoms with Crippen LogP contribution in [0.5, 0.6) is 5.75 Å². The van der Waals surface area contributed by atoms with Gasteiger partial charge in [0.15, 0.2) is 0 Å². The average molecular weight is 347 g/mol. The fraction of sp³-hybridized carbons (Fsp3) is 0.500. The van der Waals surface area contributed by atoms with Gasteiger partial charge in [0, 0.05) is 19.0 Å². The highest BCUT2D eigenvalue weighted by Crippen LogP contribution is 2.13. The second-order valence-electron chi connectivity index (χ2n) is 6.16. The maximum atomic E-state index is 12.0. The molecule has 1 aromatic rings. The molecule has 7 heteroatoms. The number of urea groups is 1. The lowest BCUT2D eigenvalue weighted by molar-refractivity contribution is -0.126. The first-order valence-electron chi connectivity index (χ1n) is 8.50. The van der Waals surface area contributed by atoms with Crippen LogP contribution in [0.3, 0.4) is 0 Å². The minimum Gasteiger partial charge on any atom is -0.497 e. The van der Waals surface area contributed by atoms with Gasteiger partial charge in [-0.1, -0.05) is 12.1 Å². The predicted octanol–water partition coefficient (Wildman–Crippen LogP) is 1.46. The van der Waals surface area contributed by atoms with Crippen molar-refractivity contribution in [3.63, 3.8) is 0 Å². The third kappa shape index (κ3) is 5.77. The molecule has 4 amide bonds. The standard InChI is InChI=1S/C18H25N3O4/c1-13(5-6-14-7-9-15(25-2)10-8-14)20-16(22)4-3-11-21-17(23)12-19-18(21)24/h7-10,13H,3-6,11-12H2,1-2H3,(H,19,24)(H,20,22)/t13-/m1/s1. The van der Waals surface area contributed by atoms with Gasteiger partial charge in [0.1, 0.15) is 5.75 Å². The summed E-state index contributed by atoms with van der Waals surface area (Å²) in [4.78, 5) is 35.9. The number of carbonyl (C=O) groups is 3. The topological polar surface area (TPSA) is 87.7 Å². The molecular formula is C18H25N3O4. The monoisotopic (exact) mass is 347 g/mol. The van der Waals surface area contributed by atoms with Gasteiger partial charge in [-0.25, -0.2) is 4.79 Å². The molecule has 2 N–H and O–H groups in total. The van der Waals surface area contributed by atoms with E-state index in [2.05, 4.69) is 10.6 Å². The molecule has 0 bridgehead atoms. The van der Waals surface area contributed by atoms with E-state index in [0.29, 0.717) is 12.8 Å². The fourth-order valence-electron chi connectivity index (χ4n) is 2.67. The molecule has 136 valence electrons. The molecular weight excluding hydrogens is 322 g/mol. The van der Waals surface area contributed by atoms with Crippen LogP contribution in [0.1, 0.15) is 31.7 Å². The number of nitrogens with zero attached hydrogens (tertiary/aromatic N) is 1. The molecule has 0 aromatic heterocycles. The SMILES string of the molecule is COc1ccc(CC[C@@H](C)NC(=O)CCCN2C(=O)CNC2=O)cc1. The van der Waals surface area contributed by atoms with E-state index in [-0.39, 0.29) is 37.0 Å². The van der Waals surface area contributed by atoms with Crippen LogP contribution in [-0.4, -0.2) is 49.0 Å². The second kappa shape index (κ2) is 9.05. The predicted molar refractivity (Wildman–Crippen MR) is 93.3 cm³/mol. The van der Waals surface area contributed by atoms with Gasteiger partial charge < -0.3 is 15.4 Å². The molecule has 1 fully saturated rings. The van der Waals surface area contributed by atoms with E-state index >= 15 is 0 Å². The maximum Gasteiger partial charge on any atom is 0.324 e. The van der Waals surface area contributed by atoms with E-state index in [1.54, 1.807) is 7.11 Å². The van der Waals surface area contributed by atoms with Crippen LogP contribution in [0, 0.1) is 0 Å². The van der Waals surface area contributed by atoms with Crippen molar-refractivity contribution in [3.8, 4) is 5.75 Å². The number of hydrogen-bond acceptors (Lipinski definition) is 4. The Morgan fingerprint density at radius 3 is 2.64 bits per heavy atom. The highest BCUT2D eigenvalue weighted by Gasteiger charge is 2.27. The van der Waals surface area contributed by atoms with Crippen LogP contribution in [-0.2, 0) is 16.0 Å². The van der Waals surface area contributed by atoms with Crippen molar-refractivity contribution in [3.05, 3.63) is 29.8 Å². The fourth-order valence-corrected chi connectivity index (χ4v) is 2.67. The molecule has 0 aliphatic carbocycles. The molecule has 7 nitrogen and oxygen atoms in total. The minimum atomic E-state index is -0.377. The molecule has 2 rings (SSSR count). The van der Waals surface area contributed by atoms with E-state index in [4.69, 9.17) is 4.74 Å². The van der Waals surface area contributed by atoms with Crippen LogP contribution in [0.15, 0.2) is 24.3 Å². The molecule has 1 saturated heterocycles. The summed E-state index contributed by atoms with van der Waals surface area (Å²) in [5.41, 5.74) is 1.19. The van der Waals surface area contributed by atoms with Crippen molar-refractivity contribution in [1.29, 1.82) is 0 Å². The second-order valence-corrected chi connectivity index (χ2v) is 6.16. The molecule has 0 radical (unpaired) electrons. The van der Waals surface area contributed by atoms with Crippen molar-refractivity contribution in [2.45, 2.75) is 38.6 Å². The Morgan fingerprint density at radius 1 is 1.32 bits per heavy atom. The van der Waals surface area contributed by atoms with Gasteiger partial charge in [0.25, 0.3) is 0 Å². The Labute approximate surface area is 147 Å². The number of carbonyl (C=O) groups excluding carboxylic acids is 3. The Bertz CT molecular complexity index is 599. The number of nitrogens with one attached hydrogen (secondary N) is 2. The zero-order chi connectivity index (χ0) is 18.2. The number of aryl methyl sites for hydroxylation is 1. The normalized spacial score (nSPS) is 15.0. The molecule has 1 atom stereocenters. The molecule has 1 aliphatic rings.